The van der Waals surface area contributed by atoms with Crippen LogP contribution in [0.15, 0.2) is 36.5 Å². The third-order valence-electron chi connectivity index (χ3n) is 7.40. The van der Waals surface area contributed by atoms with Crippen LogP contribution in [0, 0.1) is 0 Å². The standard InChI is InChI=1S/C34H63NO6S/c1-3-5-7-9-11-13-15-16-17-19-21-23-25-27-29-33(37)34(38)35-31(30-42(39,40)41)32(36)28-26-24-22-20-18-14-12-10-8-6-4-2/h13,15,18,20,26,28,31-33,36-37H,3-12,14,16-17,19,21-25,27,29-30H2,1-2H3,(H,35,38)(H,39,40,41)/b15-13-,20-18+,28-26+. The number of allylic oxidation sites excluding steroid dienone is 5. The smallest absolute Gasteiger partial charge is 0.267 e. The van der Waals surface area contributed by atoms with Crippen molar-refractivity contribution in [1.29, 1.82) is 0 Å². The Bertz CT molecular complexity index is 824. The number of nitrogens with one attached hydrogen (secondary N) is 1. The summed E-state index contributed by atoms with van der Waals surface area (Å²) in [5, 5.41) is 23.2. The summed E-state index contributed by atoms with van der Waals surface area (Å²) in [4.78, 5) is 12.5. The van der Waals surface area contributed by atoms with Crippen LogP contribution in [0.2, 0.25) is 0 Å². The van der Waals surface area contributed by atoms with Crippen molar-refractivity contribution in [3.8, 4) is 0 Å². The highest BCUT2D eigenvalue weighted by Gasteiger charge is 2.27. The highest BCUT2D eigenvalue weighted by Crippen LogP contribution is 2.12. The molecular weight excluding hydrogens is 550 g/mol. The first kappa shape index (κ1) is 40.5. The van der Waals surface area contributed by atoms with E-state index >= 15 is 0 Å². The maximum atomic E-state index is 12.5. The van der Waals surface area contributed by atoms with E-state index in [2.05, 4.69) is 43.5 Å². The lowest BCUT2D eigenvalue weighted by molar-refractivity contribution is -0.130. The van der Waals surface area contributed by atoms with Gasteiger partial charge in [0.25, 0.3) is 10.1 Å². The molecule has 0 rings (SSSR count). The molecule has 4 N–H and O–H groups in total. The number of aliphatic hydroxyl groups excluding tert-OH is 2. The SMILES string of the molecule is CCCCCC/C=C\CCCCCCCCC(O)C(=O)NC(CS(=O)(=O)O)C(O)/C=C/CC/C=C/CCCCCCC. The Balaban J connectivity index is 4.23. The molecule has 0 aliphatic heterocycles. The van der Waals surface area contributed by atoms with Crippen molar-refractivity contribution in [3.05, 3.63) is 36.5 Å². The minimum atomic E-state index is -4.44. The Morgan fingerprint density at radius 2 is 1.07 bits per heavy atom. The van der Waals surface area contributed by atoms with Crippen LogP contribution in [0.3, 0.4) is 0 Å². The zero-order chi connectivity index (χ0) is 31.3. The van der Waals surface area contributed by atoms with Crippen LogP contribution in [0.1, 0.15) is 149 Å². The van der Waals surface area contributed by atoms with Crippen LogP contribution in [0.25, 0.3) is 0 Å². The van der Waals surface area contributed by atoms with Gasteiger partial charge in [-0.15, -0.1) is 0 Å². The van der Waals surface area contributed by atoms with Crippen molar-refractivity contribution in [3.63, 3.8) is 0 Å². The third-order valence-corrected chi connectivity index (χ3v) is 8.18. The van der Waals surface area contributed by atoms with Gasteiger partial charge in [-0.2, -0.15) is 8.42 Å². The first-order valence-electron chi connectivity index (χ1n) is 16.8. The summed E-state index contributed by atoms with van der Waals surface area (Å²) < 4.78 is 32.2. The summed E-state index contributed by atoms with van der Waals surface area (Å²) in [6, 6.07) is -1.25. The molecule has 1 amide bonds. The summed E-state index contributed by atoms with van der Waals surface area (Å²) in [6.45, 7) is 4.43. The molecule has 0 aromatic carbocycles. The van der Waals surface area contributed by atoms with Gasteiger partial charge in [-0.25, -0.2) is 0 Å². The fraction of sp³-hybridized carbons (Fsp3) is 0.794. The zero-order valence-electron chi connectivity index (χ0n) is 26.7. The van der Waals surface area contributed by atoms with E-state index in [0.29, 0.717) is 12.8 Å². The minimum Gasteiger partial charge on any atom is -0.387 e. The van der Waals surface area contributed by atoms with Crippen LogP contribution in [0.5, 0.6) is 0 Å². The molecule has 0 aromatic heterocycles. The van der Waals surface area contributed by atoms with E-state index < -0.39 is 40.0 Å². The zero-order valence-corrected chi connectivity index (χ0v) is 27.5. The number of aliphatic hydroxyl groups is 2. The van der Waals surface area contributed by atoms with Crippen LogP contribution in [-0.4, -0.2) is 53.1 Å². The Morgan fingerprint density at radius 1 is 0.643 bits per heavy atom. The first-order valence-corrected chi connectivity index (χ1v) is 18.4. The summed E-state index contributed by atoms with van der Waals surface area (Å²) in [7, 11) is -4.44. The fourth-order valence-corrected chi connectivity index (χ4v) is 5.49. The average Bonchev–Trinajstić information content (AvgIpc) is 2.94. The van der Waals surface area contributed by atoms with Crippen LogP contribution < -0.4 is 5.32 Å². The van der Waals surface area contributed by atoms with Gasteiger partial charge in [0.2, 0.25) is 5.91 Å². The largest absolute Gasteiger partial charge is 0.387 e. The molecule has 0 spiro atoms. The van der Waals surface area contributed by atoms with E-state index in [1.54, 1.807) is 6.08 Å². The molecule has 0 fully saturated rings. The maximum absolute atomic E-state index is 12.5. The number of hydrogen-bond donors (Lipinski definition) is 4. The molecule has 0 heterocycles. The van der Waals surface area contributed by atoms with Gasteiger partial charge in [-0.1, -0.05) is 127 Å². The second-order valence-corrected chi connectivity index (χ2v) is 13.1. The Labute approximate surface area is 258 Å². The molecule has 0 bridgehead atoms. The number of rotatable bonds is 29. The summed E-state index contributed by atoms with van der Waals surface area (Å²) in [5.74, 6) is -1.57. The van der Waals surface area contributed by atoms with Crippen molar-refractivity contribution in [2.75, 3.05) is 5.75 Å². The molecule has 0 aliphatic carbocycles. The predicted octanol–water partition coefficient (Wildman–Crippen LogP) is 7.98. The average molecular weight is 614 g/mol. The van der Waals surface area contributed by atoms with Crippen LogP contribution in [-0.2, 0) is 14.9 Å². The maximum Gasteiger partial charge on any atom is 0.267 e. The Morgan fingerprint density at radius 3 is 1.60 bits per heavy atom. The Kier molecular flexibility index (Phi) is 27.3. The molecule has 0 aliphatic rings. The number of unbranched alkanes of at least 4 members (excludes halogenated alkanes) is 16. The molecule has 3 atom stereocenters. The minimum absolute atomic E-state index is 0.266. The van der Waals surface area contributed by atoms with E-state index in [1.807, 2.05) is 0 Å². The van der Waals surface area contributed by atoms with Crippen LogP contribution in [0.4, 0.5) is 0 Å². The highest BCUT2D eigenvalue weighted by molar-refractivity contribution is 7.85. The van der Waals surface area contributed by atoms with Gasteiger partial charge in [0.15, 0.2) is 0 Å². The van der Waals surface area contributed by atoms with Gasteiger partial charge in [-0.3, -0.25) is 9.35 Å². The van der Waals surface area contributed by atoms with Gasteiger partial charge in [0.05, 0.1) is 17.9 Å². The third kappa shape index (κ3) is 27.4. The second-order valence-electron chi connectivity index (χ2n) is 11.6. The molecule has 3 unspecified atom stereocenters. The molecule has 0 saturated carbocycles. The molecule has 246 valence electrons. The summed E-state index contributed by atoms with van der Waals surface area (Å²) >= 11 is 0. The number of amides is 1. The van der Waals surface area contributed by atoms with Crippen molar-refractivity contribution in [2.45, 2.75) is 167 Å². The van der Waals surface area contributed by atoms with E-state index in [4.69, 9.17) is 0 Å². The van der Waals surface area contributed by atoms with Crippen molar-refractivity contribution < 1.29 is 28.0 Å². The summed E-state index contributed by atoms with van der Waals surface area (Å²) in [6.07, 6.45) is 32.0. The van der Waals surface area contributed by atoms with Gasteiger partial charge in [0.1, 0.15) is 6.10 Å². The predicted molar refractivity (Wildman–Crippen MR) is 176 cm³/mol. The molecule has 0 radical (unpaired) electrons. The second kappa shape index (κ2) is 28.3. The molecular formula is C34H63NO6S. The molecule has 7 nitrogen and oxygen atoms in total. The van der Waals surface area contributed by atoms with E-state index in [-0.39, 0.29) is 6.42 Å². The number of carbonyl (C=O) groups excluding carboxylic acids is 1. The number of carbonyl (C=O) groups is 1. The number of hydrogen-bond acceptors (Lipinski definition) is 5. The molecule has 0 saturated heterocycles. The Hall–Kier alpha value is -1.48. The van der Waals surface area contributed by atoms with E-state index in [1.165, 1.54) is 83.1 Å². The molecule has 8 heteroatoms. The monoisotopic (exact) mass is 613 g/mol. The molecule has 42 heavy (non-hydrogen) atoms. The quantitative estimate of drug-likeness (QED) is 0.0385. The lowest BCUT2D eigenvalue weighted by atomic mass is 10.0. The van der Waals surface area contributed by atoms with Crippen LogP contribution >= 0.6 is 0 Å². The topological polar surface area (TPSA) is 124 Å². The highest BCUT2D eigenvalue weighted by atomic mass is 32.2. The lowest BCUT2D eigenvalue weighted by Gasteiger charge is -2.22. The van der Waals surface area contributed by atoms with Gasteiger partial charge in [-0.05, 0) is 57.8 Å². The van der Waals surface area contributed by atoms with Crippen molar-refractivity contribution in [1.82, 2.24) is 5.32 Å². The summed E-state index contributed by atoms with van der Waals surface area (Å²) in [5.41, 5.74) is 0. The van der Waals surface area contributed by atoms with Crippen molar-refractivity contribution in [2.24, 2.45) is 0 Å². The first-order chi connectivity index (χ1) is 20.2. The fourth-order valence-electron chi connectivity index (χ4n) is 4.76. The van der Waals surface area contributed by atoms with Gasteiger partial charge in [0, 0.05) is 0 Å². The lowest BCUT2D eigenvalue weighted by Crippen LogP contribution is -2.50. The van der Waals surface area contributed by atoms with Gasteiger partial charge >= 0.3 is 0 Å². The van der Waals surface area contributed by atoms with Gasteiger partial charge < -0.3 is 15.5 Å². The normalized spacial score (nSPS) is 14.7. The van der Waals surface area contributed by atoms with Crippen molar-refractivity contribution >= 4 is 16.0 Å². The molecule has 0 aromatic rings. The van der Waals surface area contributed by atoms with E-state index in [0.717, 1.165) is 38.5 Å². The van der Waals surface area contributed by atoms with E-state index in [9.17, 15) is 28.0 Å².